The fourth-order valence-electron chi connectivity index (χ4n) is 2.02. The second-order valence-corrected chi connectivity index (χ2v) is 7.58. The summed E-state index contributed by atoms with van der Waals surface area (Å²) in [6, 6.07) is 7.41. The number of nitrogens with one attached hydrogen (secondary N) is 1. The van der Waals surface area contributed by atoms with Crippen molar-refractivity contribution in [3.05, 3.63) is 54.3 Å². The number of halogens is 3. The standard InChI is InChI=1S/C15H16Br2FNS/c1-3-7-19-15(13-8-12(17)9(2)20-13)10-5-4-6-11(16)14(10)18/h4-6,8,15,19H,3,7H2,1-2H3. The van der Waals surface area contributed by atoms with Crippen molar-refractivity contribution in [2.75, 3.05) is 6.54 Å². The van der Waals surface area contributed by atoms with E-state index < -0.39 is 0 Å². The van der Waals surface area contributed by atoms with Gasteiger partial charge < -0.3 is 5.32 Å². The van der Waals surface area contributed by atoms with Crippen molar-refractivity contribution < 1.29 is 4.39 Å². The molecule has 1 heterocycles. The molecule has 0 aliphatic rings. The van der Waals surface area contributed by atoms with Gasteiger partial charge in [-0.25, -0.2) is 4.39 Å². The first-order valence-corrected chi connectivity index (χ1v) is 8.88. The van der Waals surface area contributed by atoms with Crippen LogP contribution in [0.1, 0.15) is 34.7 Å². The van der Waals surface area contributed by atoms with Gasteiger partial charge in [0.25, 0.3) is 0 Å². The summed E-state index contributed by atoms with van der Waals surface area (Å²) in [4.78, 5) is 2.33. The number of rotatable bonds is 5. The van der Waals surface area contributed by atoms with Gasteiger partial charge in [0.05, 0.1) is 10.5 Å². The molecule has 20 heavy (non-hydrogen) atoms. The summed E-state index contributed by atoms with van der Waals surface area (Å²) in [5, 5.41) is 3.44. The molecule has 1 atom stereocenters. The van der Waals surface area contributed by atoms with E-state index in [2.05, 4.69) is 57.1 Å². The molecule has 2 rings (SSSR count). The molecule has 0 radical (unpaired) electrons. The van der Waals surface area contributed by atoms with E-state index in [9.17, 15) is 4.39 Å². The first-order chi connectivity index (χ1) is 9.54. The van der Waals surface area contributed by atoms with E-state index in [-0.39, 0.29) is 11.9 Å². The van der Waals surface area contributed by atoms with Crippen molar-refractivity contribution in [2.45, 2.75) is 26.3 Å². The van der Waals surface area contributed by atoms with Crippen molar-refractivity contribution in [3.8, 4) is 0 Å². The third kappa shape index (κ3) is 3.50. The van der Waals surface area contributed by atoms with Gasteiger partial charge in [-0.15, -0.1) is 11.3 Å². The van der Waals surface area contributed by atoms with Gasteiger partial charge in [-0.05, 0) is 63.9 Å². The molecule has 0 aliphatic heterocycles. The number of thiophene rings is 1. The van der Waals surface area contributed by atoms with Gasteiger partial charge in [-0.2, -0.15) is 0 Å². The molecule has 108 valence electrons. The summed E-state index contributed by atoms with van der Waals surface area (Å²) in [7, 11) is 0. The summed E-state index contributed by atoms with van der Waals surface area (Å²) in [5.41, 5.74) is 0.682. The molecule has 1 nitrogen and oxygen atoms in total. The fourth-order valence-corrected chi connectivity index (χ4v) is 4.06. The van der Waals surface area contributed by atoms with E-state index in [1.807, 2.05) is 12.1 Å². The lowest BCUT2D eigenvalue weighted by molar-refractivity contribution is 0.547. The van der Waals surface area contributed by atoms with Crippen LogP contribution in [0.3, 0.4) is 0 Å². The third-order valence-corrected chi connectivity index (χ3v) is 5.87. The summed E-state index contributed by atoms with van der Waals surface area (Å²) in [6.45, 7) is 5.02. The Morgan fingerprint density at radius 1 is 1.30 bits per heavy atom. The molecule has 2 aromatic rings. The first-order valence-electron chi connectivity index (χ1n) is 6.47. The number of aryl methyl sites for hydroxylation is 1. The Morgan fingerprint density at radius 3 is 2.65 bits per heavy atom. The Bertz CT molecular complexity index is 578. The topological polar surface area (TPSA) is 12.0 Å². The van der Waals surface area contributed by atoms with Gasteiger partial charge in [0, 0.05) is 19.8 Å². The van der Waals surface area contributed by atoms with E-state index >= 15 is 0 Å². The monoisotopic (exact) mass is 419 g/mol. The zero-order chi connectivity index (χ0) is 14.7. The molecule has 0 aliphatic carbocycles. The van der Waals surface area contributed by atoms with Gasteiger partial charge in [0.15, 0.2) is 0 Å². The van der Waals surface area contributed by atoms with Crippen molar-refractivity contribution in [3.63, 3.8) is 0 Å². The van der Waals surface area contributed by atoms with Crippen LogP contribution in [0.25, 0.3) is 0 Å². The molecule has 0 spiro atoms. The maximum Gasteiger partial charge on any atom is 0.142 e. The predicted molar refractivity (Wildman–Crippen MR) is 91.0 cm³/mol. The quantitative estimate of drug-likeness (QED) is 0.643. The summed E-state index contributed by atoms with van der Waals surface area (Å²) < 4.78 is 16.0. The maximum absolute atomic E-state index is 14.4. The van der Waals surface area contributed by atoms with E-state index in [1.165, 1.54) is 4.88 Å². The minimum absolute atomic E-state index is 0.109. The number of hydrogen-bond acceptors (Lipinski definition) is 2. The molecule has 0 saturated carbocycles. The zero-order valence-corrected chi connectivity index (χ0v) is 15.3. The lowest BCUT2D eigenvalue weighted by atomic mass is 10.0. The highest BCUT2D eigenvalue weighted by atomic mass is 79.9. The fraction of sp³-hybridized carbons (Fsp3) is 0.333. The third-order valence-electron chi connectivity index (χ3n) is 3.05. The van der Waals surface area contributed by atoms with Gasteiger partial charge in [0.1, 0.15) is 5.82 Å². The highest BCUT2D eigenvalue weighted by molar-refractivity contribution is 9.10. The Hall–Kier alpha value is -0.230. The summed E-state index contributed by atoms with van der Waals surface area (Å²) in [5.74, 6) is -0.191. The van der Waals surface area contributed by atoms with E-state index in [1.54, 1.807) is 17.4 Å². The van der Waals surface area contributed by atoms with E-state index in [4.69, 9.17) is 0 Å². The van der Waals surface area contributed by atoms with Crippen LogP contribution in [0.2, 0.25) is 0 Å². The van der Waals surface area contributed by atoms with Gasteiger partial charge >= 0.3 is 0 Å². The second-order valence-electron chi connectivity index (χ2n) is 4.58. The summed E-state index contributed by atoms with van der Waals surface area (Å²) >= 11 is 8.49. The van der Waals surface area contributed by atoms with E-state index in [0.717, 1.165) is 22.3 Å². The molecule has 1 N–H and O–H groups in total. The average Bonchev–Trinajstić information content (AvgIpc) is 2.74. The Balaban J connectivity index is 2.44. The lowest BCUT2D eigenvalue weighted by Gasteiger charge is -2.19. The lowest BCUT2D eigenvalue weighted by Crippen LogP contribution is -2.23. The van der Waals surface area contributed by atoms with Crippen LogP contribution < -0.4 is 5.32 Å². The number of hydrogen-bond donors (Lipinski definition) is 1. The molecular formula is C15H16Br2FNS. The van der Waals surface area contributed by atoms with Crippen molar-refractivity contribution in [1.29, 1.82) is 0 Å². The smallest absolute Gasteiger partial charge is 0.142 e. The highest BCUT2D eigenvalue weighted by Crippen LogP contribution is 2.35. The summed E-state index contributed by atoms with van der Waals surface area (Å²) in [6.07, 6.45) is 1.01. The molecule has 0 saturated heterocycles. The van der Waals surface area contributed by atoms with Crippen LogP contribution in [0.4, 0.5) is 4.39 Å². The second kappa shape index (κ2) is 7.16. The van der Waals surface area contributed by atoms with Crippen molar-refractivity contribution >= 4 is 43.2 Å². The highest BCUT2D eigenvalue weighted by Gasteiger charge is 2.21. The molecule has 0 bridgehead atoms. The normalized spacial score (nSPS) is 12.7. The molecule has 1 unspecified atom stereocenters. The largest absolute Gasteiger partial charge is 0.306 e. The van der Waals surface area contributed by atoms with Gasteiger partial charge in [-0.3, -0.25) is 0 Å². The van der Waals surface area contributed by atoms with Crippen molar-refractivity contribution in [1.82, 2.24) is 5.32 Å². The van der Waals surface area contributed by atoms with Gasteiger partial charge in [-0.1, -0.05) is 19.1 Å². The molecular weight excluding hydrogens is 405 g/mol. The molecule has 0 amide bonds. The van der Waals surface area contributed by atoms with Crippen molar-refractivity contribution in [2.24, 2.45) is 0 Å². The van der Waals surface area contributed by atoms with Crippen LogP contribution in [-0.2, 0) is 0 Å². The Labute approximate surface area is 139 Å². The zero-order valence-electron chi connectivity index (χ0n) is 11.3. The molecule has 5 heteroatoms. The maximum atomic E-state index is 14.4. The van der Waals surface area contributed by atoms with Gasteiger partial charge in [0.2, 0.25) is 0 Å². The molecule has 1 aromatic heterocycles. The van der Waals surface area contributed by atoms with Crippen LogP contribution in [0.5, 0.6) is 0 Å². The van der Waals surface area contributed by atoms with Crippen LogP contribution in [0, 0.1) is 12.7 Å². The molecule has 1 aromatic carbocycles. The first kappa shape index (κ1) is 16.1. The average molecular weight is 421 g/mol. The molecule has 0 fully saturated rings. The van der Waals surface area contributed by atoms with Crippen LogP contribution in [-0.4, -0.2) is 6.54 Å². The number of benzene rings is 1. The predicted octanol–water partition coefficient (Wildman–Crippen LogP) is 5.81. The van der Waals surface area contributed by atoms with Crippen LogP contribution in [0.15, 0.2) is 33.2 Å². The van der Waals surface area contributed by atoms with Crippen LogP contribution >= 0.6 is 43.2 Å². The van der Waals surface area contributed by atoms with E-state index in [0.29, 0.717) is 10.0 Å². The minimum atomic E-state index is -0.191. The Kier molecular flexibility index (Phi) is 5.78. The Morgan fingerprint density at radius 2 is 2.05 bits per heavy atom. The minimum Gasteiger partial charge on any atom is -0.306 e. The SMILES string of the molecule is CCCNC(c1cc(Br)c(C)s1)c1cccc(Br)c1F.